The molecule has 0 bridgehead atoms. The van der Waals surface area contributed by atoms with Crippen LogP contribution in [0.4, 0.5) is 11.4 Å². The number of carbonyl (C=O) groups is 1. The van der Waals surface area contributed by atoms with Gasteiger partial charge in [-0.05, 0) is 54.3 Å². The fourth-order valence-corrected chi connectivity index (χ4v) is 4.09. The van der Waals surface area contributed by atoms with Crippen LogP contribution in [0.2, 0.25) is 0 Å². The summed E-state index contributed by atoms with van der Waals surface area (Å²) < 4.78 is 0. The Morgan fingerprint density at radius 1 is 1.29 bits per heavy atom. The molecular formula is C19H24N2O2S. The number of para-hydroxylation sites is 2. The minimum Gasteiger partial charge on any atom is -0.396 e. The maximum Gasteiger partial charge on any atom is 0.266 e. The first-order valence-corrected chi connectivity index (χ1v) is 9.43. The third kappa shape index (κ3) is 3.62. The van der Waals surface area contributed by atoms with Gasteiger partial charge in [-0.3, -0.25) is 4.79 Å². The highest BCUT2D eigenvalue weighted by atomic mass is 32.1. The smallest absolute Gasteiger partial charge is 0.266 e. The number of anilines is 2. The molecule has 1 aliphatic heterocycles. The van der Waals surface area contributed by atoms with Crippen LogP contribution in [0.15, 0.2) is 35.7 Å². The minimum atomic E-state index is -0.0282. The van der Waals surface area contributed by atoms with Gasteiger partial charge in [-0.1, -0.05) is 19.1 Å². The van der Waals surface area contributed by atoms with E-state index in [1.165, 1.54) is 11.3 Å². The Kier molecular flexibility index (Phi) is 5.53. The Bertz CT molecular complexity index is 690. The molecular weight excluding hydrogens is 320 g/mol. The quantitative estimate of drug-likeness (QED) is 0.868. The highest BCUT2D eigenvalue weighted by Gasteiger charge is 2.21. The number of benzene rings is 1. The maximum absolute atomic E-state index is 12.6. The zero-order valence-electron chi connectivity index (χ0n) is 14.0. The summed E-state index contributed by atoms with van der Waals surface area (Å²) in [6.07, 6.45) is 2.84. The summed E-state index contributed by atoms with van der Waals surface area (Å²) in [5.41, 5.74) is 3.02. The van der Waals surface area contributed by atoms with Gasteiger partial charge < -0.3 is 15.3 Å². The lowest BCUT2D eigenvalue weighted by molar-refractivity contribution is 0.103. The van der Waals surface area contributed by atoms with Crippen molar-refractivity contribution in [3.8, 4) is 0 Å². The number of carbonyl (C=O) groups excluding carboxylic acids is 1. The SMILES string of the molecule is CCc1ccsc1C(=O)Nc1ccccc1N1CCC(CO)CC1. The number of aliphatic hydroxyl groups excluding tert-OH is 1. The van der Waals surface area contributed by atoms with Gasteiger partial charge >= 0.3 is 0 Å². The molecule has 0 spiro atoms. The van der Waals surface area contributed by atoms with Crippen LogP contribution in [-0.2, 0) is 6.42 Å². The van der Waals surface area contributed by atoms with Crippen LogP contribution in [0.25, 0.3) is 0 Å². The van der Waals surface area contributed by atoms with E-state index in [1.807, 2.05) is 29.6 Å². The van der Waals surface area contributed by atoms with Crippen molar-refractivity contribution in [3.05, 3.63) is 46.2 Å². The van der Waals surface area contributed by atoms with Gasteiger partial charge in [0.15, 0.2) is 0 Å². The molecule has 4 nitrogen and oxygen atoms in total. The predicted molar refractivity (Wildman–Crippen MR) is 100 cm³/mol. The van der Waals surface area contributed by atoms with Crippen LogP contribution in [0.3, 0.4) is 0 Å². The molecule has 5 heteroatoms. The molecule has 24 heavy (non-hydrogen) atoms. The first kappa shape index (κ1) is 17.0. The molecule has 0 radical (unpaired) electrons. The van der Waals surface area contributed by atoms with Crippen molar-refractivity contribution in [3.63, 3.8) is 0 Å². The number of hydrogen-bond acceptors (Lipinski definition) is 4. The molecule has 1 aromatic carbocycles. The van der Waals surface area contributed by atoms with E-state index in [-0.39, 0.29) is 12.5 Å². The first-order valence-electron chi connectivity index (χ1n) is 8.55. The summed E-state index contributed by atoms with van der Waals surface area (Å²) in [6, 6.07) is 10.0. The van der Waals surface area contributed by atoms with E-state index < -0.39 is 0 Å². The van der Waals surface area contributed by atoms with Crippen molar-refractivity contribution < 1.29 is 9.90 Å². The van der Waals surface area contributed by atoms with Crippen LogP contribution >= 0.6 is 11.3 Å². The van der Waals surface area contributed by atoms with Crippen molar-refractivity contribution in [1.29, 1.82) is 0 Å². The number of aliphatic hydroxyl groups is 1. The monoisotopic (exact) mass is 344 g/mol. The Morgan fingerprint density at radius 2 is 2.04 bits per heavy atom. The van der Waals surface area contributed by atoms with Gasteiger partial charge in [0, 0.05) is 19.7 Å². The van der Waals surface area contributed by atoms with Gasteiger partial charge in [0.05, 0.1) is 16.3 Å². The third-order valence-corrected chi connectivity index (χ3v) is 5.66. The minimum absolute atomic E-state index is 0.0282. The Balaban J connectivity index is 1.76. The highest BCUT2D eigenvalue weighted by Crippen LogP contribution is 2.30. The van der Waals surface area contributed by atoms with Gasteiger partial charge in [-0.15, -0.1) is 11.3 Å². The zero-order chi connectivity index (χ0) is 16.9. The van der Waals surface area contributed by atoms with Crippen molar-refractivity contribution in [1.82, 2.24) is 0 Å². The molecule has 0 unspecified atom stereocenters. The standard InChI is InChI=1S/C19H24N2O2S/c1-2-15-9-12-24-18(15)19(23)20-16-5-3-4-6-17(16)21-10-7-14(13-22)8-11-21/h3-6,9,12,14,22H,2,7-8,10-11,13H2,1H3,(H,20,23). The molecule has 1 fully saturated rings. The van der Waals surface area contributed by atoms with Gasteiger partial charge in [0.1, 0.15) is 0 Å². The number of nitrogens with one attached hydrogen (secondary N) is 1. The fourth-order valence-electron chi connectivity index (χ4n) is 3.20. The number of aryl methyl sites for hydroxylation is 1. The number of hydrogen-bond donors (Lipinski definition) is 2. The van der Waals surface area contributed by atoms with Crippen LogP contribution in [-0.4, -0.2) is 30.7 Å². The van der Waals surface area contributed by atoms with Crippen molar-refractivity contribution >= 4 is 28.6 Å². The molecule has 0 saturated carbocycles. The van der Waals surface area contributed by atoms with E-state index in [9.17, 15) is 9.90 Å². The summed E-state index contributed by atoms with van der Waals surface area (Å²) in [4.78, 5) is 15.7. The molecule has 1 aromatic heterocycles. The van der Waals surface area contributed by atoms with Gasteiger partial charge in [0.25, 0.3) is 5.91 Å². The Labute approximate surface area is 147 Å². The molecule has 2 aromatic rings. The largest absolute Gasteiger partial charge is 0.396 e. The number of rotatable bonds is 5. The molecule has 1 aliphatic rings. The molecule has 0 atom stereocenters. The second-order valence-electron chi connectivity index (χ2n) is 6.21. The average Bonchev–Trinajstić information content (AvgIpc) is 3.11. The maximum atomic E-state index is 12.6. The summed E-state index contributed by atoms with van der Waals surface area (Å²) >= 11 is 1.49. The van der Waals surface area contributed by atoms with Crippen LogP contribution in [0, 0.1) is 5.92 Å². The van der Waals surface area contributed by atoms with Gasteiger partial charge in [-0.2, -0.15) is 0 Å². The van der Waals surface area contributed by atoms with E-state index in [2.05, 4.69) is 23.2 Å². The van der Waals surface area contributed by atoms with Crippen LogP contribution in [0.1, 0.15) is 35.0 Å². The molecule has 1 amide bonds. The molecule has 1 saturated heterocycles. The summed E-state index contributed by atoms with van der Waals surface area (Å²) in [5, 5.41) is 14.4. The summed E-state index contributed by atoms with van der Waals surface area (Å²) in [5.74, 6) is 0.376. The van der Waals surface area contributed by atoms with E-state index in [0.29, 0.717) is 5.92 Å². The summed E-state index contributed by atoms with van der Waals surface area (Å²) in [7, 11) is 0. The first-order chi connectivity index (χ1) is 11.7. The molecule has 0 aliphatic carbocycles. The second-order valence-corrected chi connectivity index (χ2v) is 7.13. The number of piperidine rings is 1. The lowest BCUT2D eigenvalue weighted by atomic mass is 9.97. The molecule has 2 heterocycles. The van der Waals surface area contributed by atoms with Crippen molar-refractivity contribution in [2.75, 3.05) is 29.9 Å². The van der Waals surface area contributed by atoms with E-state index >= 15 is 0 Å². The van der Waals surface area contributed by atoms with Crippen LogP contribution < -0.4 is 10.2 Å². The average molecular weight is 344 g/mol. The lowest BCUT2D eigenvalue weighted by Gasteiger charge is -2.34. The van der Waals surface area contributed by atoms with E-state index in [1.54, 1.807) is 0 Å². The zero-order valence-corrected chi connectivity index (χ0v) is 14.8. The second kappa shape index (κ2) is 7.81. The Hall–Kier alpha value is -1.85. The van der Waals surface area contributed by atoms with Crippen LogP contribution in [0.5, 0.6) is 0 Å². The number of nitrogens with zero attached hydrogens (tertiary/aromatic N) is 1. The van der Waals surface area contributed by atoms with Gasteiger partial charge in [-0.25, -0.2) is 0 Å². The topological polar surface area (TPSA) is 52.6 Å². The Morgan fingerprint density at radius 3 is 2.75 bits per heavy atom. The molecule has 128 valence electrons. The molecule has 2 N–H and O–H groups in total. The number of thiophene rings is 1. The van der Waals surface area contributed by atoms with Crippen molar-refractivity contribution in [2.24, 2.45) is 5.92 Å². The van der Waals surface area contributed by atoms with Gasteiger partial charge in [0.2, 0.25) is 0 Å². The predicted octanol–water partition coefficient (Wildman–Crippen LogP) is 3.77. The highest BCUT2D eigenvalue weighted by molar-refractivity contribution is 7.12. The lowest BCUT2D eigenvalue weighted by Crippen LogP contribution is -2.35. The normalized spacial score (nSPS) is 15.5. The number of amides is 1. The van der Waals surface area contributed by atoms with E-state index in [0.717, 1.165) is 54.2 Å². The molecule has 3 rings (SSSR count). The third-order valence-electron chi connectivity index (χ3n) is 4.70. The fraction of sp³-hybridized carbons (Fsp3) is 0.421. The van der Waals surface area contributed by atoms with Crippen molar-refractivity contribution in [2.45, 2.75) is 26.2 Å². The summed E-state index contributed by atoms with van der Waals surface area (Å²) in [6.45, 7) is 4.16. The van der Waals surface area contributed by atoms with E-state index in [4.69, 9.17) is 0 Å².